The molecule has 1 N–H and O–H groups in total. The molecule has 1 unspecified atom stereocenters. The second kappa shape index (κ2) is 10.3. The van der Waals surface area contributed by atoms with Gasteiger partial charge in [-0.1, -0.05) is 18.2 Å². The number of rotatable bonds is 7. The van der Waals surface area contributed by atoms with Crippen molar-refractivity contribution >= 4 is 28.8 Å². The number of ether oxygens (including phenoxy) is 1. The lowest BCUT2D eigenvalue weighted by Crippen LogP contribution is -2.29. The van der Waals surface area contributed by atoms with Crippen molar-refractivity contribution in [1.82, 2.24) is 0 Å². The monoisotopic (exact) mass is 484 g/mol. The predicted molar refractivity (Wildman–Crippen MR) is 144 cm³/mol. The van der Waals surface area contributed by atoms with Gasteiger partial charge in [0.05, 0.1) is 18.7 Å². The largest absolute Gasteiger partial charge is 0.507 e. The molecule has 1 amide bonds. The zero-order valence-corrected chi connectivity index (χ0v) is 21.4. The number of Topliss-reactive ketones (excluding diaryl/α,β-unsaturated/α-hetero) is 1. The summed E-state index contributed by atoms with van der Waals surface area (Å²) in [5.41, 5.74) is 5.04. The molecule has 1 aliphatic rings. The molecular formula is C30H32N2O4. The number of methoxy groups -OCH3 is 1. The summed E-state index contributed by atoms with van der Waals surface area (Å²) < 4.78 is 5.22. The number of hydrogen-bond donors (Lipinski definition) is 1. The Morgan fingerprint density at radius 1 is 0.917 bits per heavy atom. The lowest BCUT2D eigenvalue weighted by molar-refractivity contribution is -0.132. The molecule has 1 heterocycles. The number of ketones is 1. The van der Waals surface area contributed by atoms with Crippen LogP contribution < -0.4 is 14.5 Å². The van der Waals surface area contributed by atoms with Crippen LogP contribution in [0.1, 0.15) is 42.1 Å². The summed E-state index contributed by atoms with van der Waals surface area (Å²) in [6.07, 6.45) is 0. The molecule has 1 fully saturated rings. The topological polar surface area (TPSA) is 70.1 Å². The Kier molecular flexibility index (Phi) is 7.15. The smallest absolute Gasteiger partial charge is 0.300 e. The Bertz CT molecular complexity index is 1310. The number of carbonyl (C=O) groups is 2. The Morgan fingerprint density at radius 2 is 1.56 bits per heavy atom. The maximum Gasteiger partial charge on any atom is 0.300 e. The number of aryl methyl sites for hydroxylation is 2. The summed E-state index contributed by atoms with van der Waals surface area (Å²) in [4.78, 5) is 30.5. The summed E-state index contributed by atoms with van der Waals surface area (Å²) in [6, 6.07) is 19.6. The van der Waals surface area contributed by atoms with E-state index >= 15 is 0 Å². The Balaban J connectivity index is 1.89. The first-order chi connectivity index (χ1) is 17.3. The van der Waals surface area contributed by atoms with Crippen LogP contribution in [0.4, 0.5) is 11.4 Å². The van der Waals surface area contributed by atoms with Crippen molar-refractivity contribution in [3.05, 3.63) is 94.6 Å². The van der Waals surface area contributed by atoms with Gasteiger partial charge in [-0.25, -0.2) is 0 Å². The molecule has 0 aliphatic carbocycles. The Labute approximate surface area is 212 Å². The molecule has 1 aliphatic heterocycles. The summed E-state index contributed by atoms with van der Waals surface area (Å²) >= 11 is 0. The number of nitrogens with zero attached hydrogens (tertiary/aromatic N) is 2. The van der Waals surface area contributed by atoms with Crippen LogP contribution in [0.15, 0.2) is 72.3 Å². The van der Waals surface area contributed by atoms with Crippen LogP contribution in [-0.2, 0) is 9.59 Å². The molecule has 3 aromatic carbocycles. The SMILES string of the molecule is CCN(CC)c1ccc(C2/C(=C(\O)c3ccc(OC)cc3)C(=O)C(=O)N2c2ccc(C)c(C)c2)cc1. The summed E-state index contributed by atoms with van der Waals surface area (Å²) in [7, 11) is 1.56. The van der Waals surface area contributed by atoms with Crippen molar-refractivity contribution in [2.75, 3.05) is 30.0 Å². The van der Waals surface area contributed by atoms with Crippen LogP contribution >= 0.6 is 0 Å². The lowest BCUT2D eigenvalue weighted by atomic mass is 9.94. The fourth-order valence-corrected chi connectivity index (χ4v) is 4.65. The number of aliphatic hydroxyl groups is 1. The number of amides is 1. The second-order valence-electron chi connectivity index (χ2n) is 8.93. The normalized spacial score (nSPS) is 16.9. The Morgan fingerprint density at radius 3 is 2.11 bits per heavy atom. The second-order valence-corrected chi connectivity index (χ2v) is 8.93. The Hall–Kier alpha value is -4.06. The molecule has 1 saturated heterocycles. The van der Waals surface area contributed by atoms with E-state index in [0.717, 1.165) is 35.5 Å². The van der Waals surface area contributed by atoms with Gasteiger partial charge in [-0.15, -0.1) is 0 Å². The molecule has 186 valence electrons. The number of benzene rings is 3. The quantitative estimate of drug-likeness (QED) is 0.261. The molecule has 4 rings (SSSR count). The van der Waals surface area contributed by atoms with E-state index in [9.17, 15) is 14.7 Å². The lowest BCUT2D eigenvalue weighted by Gasteiger charge is -2.27. The van der Waals surface area contributed by atoms with Crippen LogP contribution in [0.2, 0.25) is 0 Å². The number of aliphatic hydroxyl groups excluding tert-OH is 1. The van der Waals surface area contributed by atoms with E-state index in [0.29, 0.717) is 17.0 Å². The van der Waals surface area contributed by atoms with E-state index < -0.39 is 17.7 Å². The minimum absolute atomic E-state index is 0.0685. The highest BCUT2D eigenvalue weighted by atomic mass is 16.5. The summed E-state index contributed by atoms with van der Waals surface area (Å²) in [5.74, 6) is -0.948. The first kappa shape index (κ1) is 25.0. The van der Waals surface area contributed by atoms with Crippen molar-refractivity contribution < 1.29 is 19.4 Å². The highest BCUT2D eigenvalue weighted by Gasteiger charge is 2.47. The van der Waals surface area contributed by atoms with E-state index in [1.165, 1.54) is 4.90 Å². The van der Waals surface area contributed by atoms with Gasteiger partial charge in [0.2, 0.25) is 0 Å². The van der Waals surface area contributed by atoms with Gasteiger partial charge in [-0.2, -0.15) is 0 Å². The van der Waals surface area contributed by atoms with Crippen LogP contribution in [0.5, 0.6) is 5.75 Å². The number of hydrogen-bond acceptors (Lipinski definition) is 5. The summed E-state index contributed by atoms with van der Waals surface area (Å²) in [5, 5.41) is 11.3. The standard InChI is InChI=1S/C30H32N2O4/c1-6-31(7-2)23-14-9-21(10-15-23)27-26(28(33)22-11-16-25(36-5)17-12-22)29(34)30(35)32(27)24-13-8-19(3)20(4)18-24/h8-18,27,33H,6-7H2,1-5H3/b28-26+. The molecule has 0 bridgehead atoms. The molecule has 3 aromatic rings. The van der Waals surface area contributed by atoms with E-state index in [4.69, 9.17) is 4.74 Å². The van der Waals surface area contributed by atoms with Crippen molar-refractivity contribution in [3.63, 3.8) is 0 Å². The summed E-state index contributed by atoms with van der Waals surface area (Å²) in [6.45, 7) is 9.91. The van der Waals surface area contributed by atoms with Crippen molar-refractivity contribution in [3.8, 4) is 5.75 Å². The van der Waals surface area contributed by atoms with Crippen molar-refractivity contribution in [2.24, 2.45) is 0 Å². The fraction of sp³-hybridized carbons (Fsp3) is 0.267. The van der Waals surface area contributed by atoms with Gasteiger partial charge in [0.25, 0.3) is 11.7 Å². The molecule has 0 saturated carbocycles. The molecule has 6 heteroatoms. The number of carbonyl (C=O) groups excluding carboxylic acids is 2. The third-order valence-electron chi connectivity index (χ3n) is 6.91. The molecule has 0 aromatic heterocycles. The molecule has 0 spiro atoms. The zero-order chi connectivity index (χ0) is 26.0. The fourth-order valence-electron chi connectivity index (χ4n) is 4.65. The van der Waals surface area contributed by atoms with E-state index in [1.807, 2.05) is 56.3 Å². The van der Waals surface area contributed by atoms with E-state index in [2.05, 4.69) is 18.7 Å². The third-order valence-corrected chi connectivity index (χ3v) is 6.91. The van der Waals surface area contributed by atoms with E-state index in [1.54, 1.807) is 31.4 Å². The van der Waals surface area contributed by atoms with Crippen LogP contribution in [0.25, 0.3) is 5.76 Å². The molecule has 1 atom stereocenters. The van der Waals surface area contributed by atoms with E-state index in [-0.39, 0.29) is 11.3 Å². The average Bonchev–Trinajstić information content (AvgIpc) is 3.16. The van der Waals surface area contributed by atoms with Crippen molar-refractivity contribution in [1.29, 1.82) is 0 Å². The molecule has 36 heavy (non-hydrogen) atoms. The van der Waals surface area contributed by atoms with Gasteiger partial charge in [-0.3, -0.25) is 14.5 Å². The predicted octanol–water partition coefficient (Wildman–Crippen LogP) is 5.78. The maximum absolute atomic E-state index is 13.4. The highest BCUT2D eigenvalue weighted by Crippen LogP contribution is 2.43. The molecule has 6 nitrogen and oxygen atoms in total. The minimum atomic E-state index is -0.764. The minimum Gasteiger partial charge on any atom is -0.507 e. The van der Waals surface area contributed by atoms with Gasteiger partial charge in [0.15, 0.2) is 0 Å². The first-order valence-corrected chi connectivity index (χ1v) is 12.2. The van der Waals surface area contributed by atoms with Gasteiger partial charge in [0, 0.05) is 30.0 Å². The number of anilines is 2. The molecular weight excluding hydrogens is 452 g/mol. The van der Waals surface area contributed by atoms with Crippen LogP contribution in [0, 0.1) is 13.8 Å². The van der Waals surface area contributed by atoms with Gasteiger partial charge >= 0.3 is 0 Å². The highest BCUT2D eigenvalue weighted by molar-refractivity contribution is 6.51. The molecule has 0 radical (unpaired) electrons. The van der Waals surface area contributed by atoms with Crippen LogP contribution in [-0.4, -0.2) is 37.0 Å². The van der Waals surface area contributed by atoms with Crippen LogP contribution in [0.3, 0.4) is 0 Å². The average molecular weight is 485 g/mol. The maximum atomic E-state index is 13.4. The van der Waals surface area contributed by atoms with Gasteiger partial charge < -0.3 is 14.7 Å². The third kappa shape index (κ3) is 4.47. The van der Waals surface area contributed by atoms with Gasteiger partial charge in [-0.05, 0) is 92.9 Å². The zero-order valence-electron chi connectivity index (χ0n) is 21.4. The van der Waals surface area contributed by atoms with Crippen molar-refractivity contribution in [2.45, 2.75) is 33.7 Å². The first-order valence-electron chi connectivity index (χ1n) is 12.2. The van der Waals surface area contributed by atoms with Gasteiger partial charge in [0.1, 0.15) is 11.5 Å².